The molecule has 5 nitrogen and oxygen atoms in total. The Balaban J connectivity index is 2.19. The van der Waals surface area contributed by atoms with Gasteiger partial charge in [0.05, 0.1) is 17.1 Å². The summed E-state index contributed by atoms with van der Waals surface area (Å²) in [7, 11) is 0. The third-order valence-corrected chi connectivity index (χ3v) is 2.88. The van der Waals surface area contributed by atoms with Gasteiger partial charge in [-0.3, -0.25) is 10.1 Å². The van der Waals surface area contributed by atoms with Crippen LogP contribution in [0.25, 0.3) is 0 Å². The lowest BCUT2D eigenvalue weighted by molar-refractivity contribution is -0.385. The third kappa shape index (κ3) is 2.73. The predicted octanol–water partition coefficient (Wildman–Crippen LogP) is 2.04. The summed E-state index contributed by atoms with van der Waals surface area (Å²) in [6.07, 6.45) is 1.73. The first-order valence-corrected chi connectivity index (χ1v) is 5.68. The fraction of sp³-hybridized carbons (Fsp3) is 0.455. The second-order valence-electron chi connectivity index (χ2n) is 4.23. The van der Waals surface area contributed by atoms with Gasteiger partial charge in [0, 0.05) is 12.6 Å². The van der Waals surface area contributed by atoms with Crippen molar-refractivity contribution in [3.05, 3.63) is 33.9 Å². The molecule has 7 heteroatoms. The van der Waals surface area contributed by atoms with E-state index in [2.05, 4.69) is 10.6 Å². The van der Waals surface area contributed by atoms with Crippen LogP contribution in [0, 0.1) is 21.7 Å². The number of nitrogens with zero attached hydrogens (tertiary/aromatic N) is 1. The lowest BCUT2D eigenvalue weighted by atomic mass is 10.1. The number of piperidine rings is 1. The van der Waals surface area contributed by atoms with Crippen molar-refractivity contribution >= 4 is 11.4 Å². The number of halogens is 2. The van der Waals surface area contributed by atoms with Crippen molar-refractivity contribution in [1.82, 2.24) is 5.32 Å². The van der Waals surface area contributed by atoms with Gasteiger partial charge in [0.2, 0.25) is 0 Å². The fourth-order valence-corrected chi connectivity index (χ4v) is 1.98. The number of nitro benzene ring substituents is 1. The number of rotatable bonds is 3. The van der Waals surface area contributed by atoms with Gasteiger partial charge in [0.15, 0.2) is 11.6 Å². The Hall–Kier alpha value is -1.76. The maximum atomic E-state index is 13.6. The number of anilines is 1. The molecule has 0 spiro atoms. The molecule has 2 N–H and O–H groups in total. The molecule has 1 heterocycles. The lowest BCUT2D eigenvalue weighted by Crippen LogP contribution is -2.38. The van der Waals surface area contributed by atoms with Gasteiger partial charge in [-0.25, -0.2) is 8.78 Å². The molecule has 1 fully saturated rings. The smallest absolute Gasteiger partial charge is 0.275 e. The molecule has 0 aromatic heterocycles. The van der Waals surface area contributed by atoms with E-state index in [1.807, 2.05) is 0 Å². The Morgan fingerprint density at radius 2 is 2.06 bits per heavy atom. The van der Waals surface area contributed by atoms with Crippen LogP contribution >= 0.6 is 0 Å². The van der Waals surface area contributed by atoms with Crippen LogP contribution in [0.15, 0.2) is 12.1 Å². The Kier molecular flexibility index (Phi) is 3.71. The Morgan fingerprint density at radius 1 is 1.39 bits per heavy atom. The van der Waals surface area contributed by atoms with Gasteiger partial charge in [-0.1, -0.05) is 0 Å². The summed E-state index contributed by atoms with van der Waals surface area (Å²) in [6.45, 7) is 1.51. The lowest BCUT2D eigenvalue weighted by Gasteiger charge is -2.25. The standard InChI is InChI=1S/C11H13F2N3O2/c12-9-4-8(16(17)18)5-10(13)11(9)15-7-2-1-3-14-6-7/h4-5,7,14-15H,1-3,6H2. The predicted molar refractivity (Wildman–Crippen MR) is 62.5 cm³/mol. The molecule has 0 saturated carbocycles. The highest BCUT2D eigenvalue weighted by Crippen LogP contribution is 2.26. The zero-order valence-corrected chi connectivity index (χ0v) is 9.58. The van der Waals surface area contributed by atoms with Crippen LogP contribution < -0.4 is 10.6 Å². The zero-order valence-electron chi connectivity index (χ0n) is 9.58. The van der Waals surface area contributed by atoms with E-state index in [4.69, 9.17) is 0 Å². The average Bonchev–Trinajstić information content (AvgIpc) is 2.34. The molecular formula is C11H13F2N3O2. The Morgan fingerprint density at radius 3 is 2.56 bits per heavy atom. The molecule has 0 bridgehead atoms. The minimum atomic E-state index is -0.938. The van der Waals surface area contributed by atoms with Crippen molar-refractivity contribution in [2.45, 2.75) is 18.9 Å². The second-order valence-corrected chi connectivity index (χ2v) is 4.23. The van der Waals surface area contributed by atoms with Gasteiger partial charge in [-0.15, -0.1) is 0 Å². The van der Waals surface area contributed by atoms with Gasteiger partial charge < -0.3 is 10.6 Å². The normalized spacial score (nSPS) is 19.6. The van der Waals surface area contributed by atoms with Crippen LogP contribution in [-0.2, 0) is 0 Å². The first-order valence-electron chi connectivity index (χ1n) is 5.68. The molecule has 2 rings (SSSR count). The SMILES string of the molecule is O=[N+]([O-])c1cc(F)c(NC2CCCNC2)c(F)c1. The van der Waals surface area contributed by atoms with Crippen LogP contribution in [0.4, 0.5) is 20.2 Å². The maximum Gasteiger partial charge on any atom is 0.275 e. The summed E-state index contributed by atoms with van der Waals surface area (Å²) < 4.78 is 27.2. The topological polar surface area (TPSA) is 67.2 Å². The number of nitrogens with one attached hydrogen (secondary N) is 2. The Bertz CT molecular complexity index is 439. The molecule has 1 atom stereocenters. The van der Waals surface area contributed by atoms with E-state index in [9.17, 15) is 18.9 Å². The van der Waals surface area contributed by atoms with Crippen LogP contribution in [0.3, 0.4) is 0 Å². The number of hydrogen-bond donors (Lipinski definition) is 2. The summed E-state index contributed by atoms with van der Waals surface area (Å²) in [4.78, 5) is 9.63. The van der Waals surface area contributed by atoms with Crippen molar-refractivity contribution in [3.63, 3.8) is 0 Å². The van der Waals surface area contributed by atoms with Crippen LogP contribution in [0.2, 0.25) is 0 Å². The maximum absolute atomic E-state index is 13.6. The van der Waals surface area contributed by atoms with E-state index in [1.165, 1.54) is 0 Å². The molecule has 98 valence electrons. The molecule has 1 aromatic rings. The zero-order chi connectivity index (χ0) is 13.1. The van der Waals surface area contributed by atoms with Crippen LogP contribution in [0.1, 0.15) is 12.8 Å². The van der Waals surface area contributed by atoms with Crippen LogP contribution in [-0.4, -0.2) is 24.1 Å². The molecule has 0 amide bonds. The van der Waals surface area contributed by atoms with E-state index in [0.29, 0.717) is 6.54 Å². The Labute approximate surface area is 102 Å². The van der Waals surface area contributed by atoms with E-state index >= 15 is 0 Å². The highest BCUT2D eigenvalue weighted by molar-refractivity contribution is 5.52. The number of hydrogen-bond acceptors (Lipinski definition) is 4. The van der Waals surface area contributed by atoms with Gasteiger partial charge >= 0.3 is 0 Å². The van der Waals surface area contributed by atoms with E-state index in [1.54, 1.807) is 0 Å². The molecule has 18 heavy (non-hydrogen) atoms. The number of benzene rings is 1. The van der Waals surface area contributed by atoms with Crippen molar-refractivity contribution in [1.29, 1.82) is 0 Å². The van der Waals surface area contributed by atoms with E-state index in [0.717, 1.165) is 31.5 Å². The first-order chi connectivity index (χ1) is 8.58. The third-order valence-electron chi connectivity index (χ3n) is 2.88. The summed E-state index contributed by atoms with van der Waals surface area (Å²) >= 11 is 0. The molecule has 1 saturated heterocycles. The van der Waals surface area contributed by atoms with Crippen molar-refractivity contribution in [3.8, 4) is 0 Å². The molecular weight excluding hydrogens is 244 g/mol. The quantitative estimate of drug-likeness (QED) is 0.642. The summed E-state index contributed by atoms with van der Waals surface area (Å²) in [5, 5.41) is 16.3. The van der Waals surface area contributed by atoms with Gasteiger partial charge in [-0.05, 0) is 19.4 Å². The first kappa shape index (κ1) is 12.7. The van der Waals surface area contributed by atoms with Crippen molar-refractivity contribution < 1.29 is 13.7 Å². The molecule has 1 aliphatic rings. The van der Waals surface area contributed by atoms with Crippen molar-refractivity contribution in [2.24, 2.45) is 0 Å². The highest BCUT2D eigenvalue weighted by atomic mass is 19.1. The summed E-state index contributed by atoms with van der Waals surface area (Å²) in [5.74, 6) is -1.88. The molecule has 0 radical (unpaired) electrons. The second kappa shape index (κ2) is 5.26. The van der Waals surface area contributed by atoms with Gasteiger partial charge in [0.1, 0.15) is 5.69 Å². The van der Waals surface area contributed by atoms with Crippen LogP contribution in [0.5, 0.6) is 0 Å². The molecule has 1 aliphatic heterocycles. The summed E-state index contributed by atoms with van der Waals surface area (Å²) in [5.41, 5.74) is -0.883. The minimum absolute atomic E-state index is 0.0655. The van der Waals surface area contributed by atoms with Gasteiger partial charge in [-0.2, -0.15) is 0 Å². The number of nitro groups is 1. The minimum Gasteiger partial charge on any atom is -0.376 e. The molecule has 0 aliphatic carbocycles. The fourth-order valence-electron chi connectivity index (χ4n) is 1.98. The summed E-state index contributed by atoms with van der Waals surface area (Å²) in [6, 6.07) is 1.38. The monoisotopic (exact) mass is 257 g/mol. The molecule has 1 unspecified atom stereocenters. The van der Waals surface area contributed by atoms with E-state index < -0.39 is 22.2 Å². The largest absolute Gasteiger partial charge is 0.376 e. The average molecular weight is 257 g/mol. The highest BCUT2D eigenvalue weighted by Gasteiger charge is 2.20. The molecule has 1 aromatic carbocycles. The van der Waals surface area contributed by atoms with E-state index in [-0.39, 0.29) is 11.7 Å². The van der Waals surface area contributed by atoms with Crippen molar-refractivity contribution in [2.75, 3.05) is 18.4 Å². The van der Waals surface area contributed by atoms with Gasteiger partial charge in [0.25, 0.3) is 5.69 Å². The number of non-ortho nitro benzene ring substituents is 1.